The molecule has 2 nitrogen and oxygen atoms in total. The fourth-order valence-corrected chi connectivity index (χ4v) is 3.32. The molecule has 2 aromatic carbocycles. The number of nitrogens with one attached hydrogen (secondary N) is 1. The van der Waals surface area contributed by atoms with Crippen molar-refractivity contribution in [2.75, 3.05) is 30.4 Å². The molecule has 1 N–H and O–H groups in total. The van der Waals surface area contributed by atoms with E-state index in [1.807, 2.05) is 0 Å². The predicted molar refractivity (Wildman–Crippen MR) is 91.5 cm³/mol. The third kappa shape index (κ3) is 2.90. The van der Waals surface area contributed by atoms with Crippen LogP contribution in [-0.2, 0) is 0 Å². The highest BCUT2D eigenvalue weighted by Crippen LogP contribution is 2.33. The summed E-state index contributed by atoms with van der Waals surface area (Å²) in [7, 11) is 2.20. The molecular weight excluding hydrogens is 256 g/mol. The van der Waals surface area contributed by atoms with Crippen LogP contribution in [0.1, 0.15) is 29.0 Å². The highest BCUT2D eigenvalue weighted by molar-refractivity contribution is 5.58. The van der Waals surface area contributed by atoms with Gasteiger partial charge >= 0.3 is 0 Å². The normalized spacial score (nSPS) is 16.4. The molecule has 2 aromatic rings. The van der Waals surface area contributed by atoms with Crippen LogP contribution in [-0.4, -0.2) is 20.1 Å². The Morgan fingerprint density at radius 3 is 2.76 bits per heavy atom. The first kappa shape index (κ1) is 14.0. The lowest BCUT2D eigenvalue weighted by molar-refractivity contribution is 0.667. The molecule has 0 saturated carbocycles. The van der Waals surface area contributed by atoms with Crippen molar-refractivity contribution < 1.29 is 0 Å². The van der Waals surface area contributed by atoms with Gasteiger partial charge in [-0.2, -0.15) is 0 Å². The third-order valence-corrected chi connectivity index (χ3v) is 4.52. The number of nitrogens with zero attached hydrogens (tertiary/aromatic N) is 1. The van der Waals surface area contributed by atoms with Gasteiger partial charge in [-0.1, -0.05) is 35.9 Å². The lowest BCUT2D eigenvalue weighted by Gasteiger charge is -2.23. The van der Waals surface area contributed by atoms with Crippen LogP contribution in [0.2, 0.25) is 0 Å². The molecule has 0 radical (unpaired) electrons. The predicted octanol–water partition coefficient (Wildman–Crippen LogP) is 4.34. The molecule has 1 atom stereocenters. The van der Waals surface area contributed by atoms with Crippen LogP contribution < -0.4 is 10.2 Å². The van der Waals surface area contributed by atoms with Crippen LogP contribution in [0.4, 0.5) is 11.4 Å². The number of hydrogen-bond donors (Lipinski definition) is 1. The largest absolute Gasteiger partial charge is 0.384 e. The first-order valence-corrected chi connectivity index (χ1v) is 7.76. The number of hydrogen-bond acceptors (Lipinski definition) is 2. The summed E-state index contributed by atoms with van der Waals surface area (Å²) in [5.41, 5.74) is 6.84. The van der Waals surface area contributed by atoms with Crippen LogP contribution in [0, 0.1) is 13.8 Å². The summed E-state index contributed by atoms with van der Waals surface area (Å²) in [5.74, 6) is 0.634. The summed E-state index contributed by atoms with van der Waals surface area (Å²) >= 11 is 0. The average Bonchev–Trinajstić information content (AvgIpc) is 2.88. The van der Waals surface area contributed by atoms with Gasteiger partial charge in [0.1, 0.15) is 0 Å². The Morgan fingerprint density at radius 2 is 1.95 bits per heavy atom. The second-order valence-corrected chi connectivity index (χ2v) is 6.17. The van der Waals surface area contributed by atoms with Crippen LogP contribution in [0.5, 0.6) is 0 Å². The van der Waals surface area contributed by atoms with Crippen LogP contribution in [0.15, 0.2) is 42.5 Å². The zero-order chi connectivity index (χ0) is 14.8. The maximum Gasteiger partial charge on any atom is 0.0393 e. The second-order valence-electron chi connectivity index (χ2n) is 6.17. The van der Waals surface area contributed by atoms with Gasteiger partial charge < -0.3 is 10.2 Å². The molecule has 21 heavy (non-hydrogen) atoms. The molecule has 0 saturated heterocycles. The minimum absolute atomic E-state index is 0.634. The summed E-state index contributed by atoms with van der Waals surface area (Å²) in [4.78, 5) is 2.38. The first-order valence-electron chi connectivity index (χ1n) is 7.76. The van der Waals surface area contributed by atoms with Crippen LogP contribution in [0.3, 0.4) is 0 Å². The maximum atomic E-state index is 3.51. The molecule has 0 amide bonds. The van der Waals surface area contributed by atoms with Crippen LogP contribution in [0.25, 0.3) is 0 Å². The summed E-state index contributed by atoms with van der Waals surface area (Å²) in [6.07, 6.45) is 1.19. The van der Waals surface area contributed by atoms with Crippen molar-refractivity contribution >= 4 is 11.4 Å². The van der Waals surface area contributed by atoms with E-state index in [-0.39, 0.29) is 0 Å². The van der Waals surface area contributed by atoms with Crippen molar-refractivity contribution in [1.29, 1.82) is 0 Å². The van der Waals surface area contributed by atoms with Crippen LogP contribution >= 0.6 is 0 Å². The van der Waals surface area contributed by atoms with Gasteiger partial charge in [0.25, 0.3) is 0 Å². The van der Waals surface area contributed by atoms with E-state index in [0.717, 1.165) is 13.1 Å². The van der Waals surface area contributed by atoms with Crippen molar-refractivity contribution in [2.45, 2.75) is 26.2 Å². The minimum Gasteiger partial charge on any atom is -0.384 e. The van der Waals surface area contributed by atoms with E-state index < -0.39 is 0 Å². The van der Waals surface area contributed by atoms with E-state index >= 15 is 0 Å². The Hall–Kier alpha value is -1.96. The Balaban J connectivity index is 1.66. The van der Waals surface area contributed by atoms with E-state index in [4.69, 9.17) is 0 Å². The van der Waals surface area contributed by atoms with Gasteiger partial charge in [-0.3, -0.25) is 0 Å². The fraction of sp³-hybridized carbons (Fsp3) is 0.368. The first-order chi connectivity index (χ1) is 10.1. The summed E-state index contributed by atoms with van der Waals surface area (Å²) in [6.45, 7) is 6.51. The van der Waals surface area contributed by atoms with E-state index in [1.54, 1.807) is 0 Å². The SMILES string of the molecule is Cc1ccc(N(C)CCC2CNc3ccccc32)c(C)c1. The van der Waals surface area contributed by atoms with Crippen molar-refractivity contribution in [3.8, 4) is 0 Å². The molecule has 0 spiro atoms. The Kier molecular flexibility index (Phi) is 3.87. The van der Waals surface area contributed by atoms with E-state index in [0.29, 0.717) is 5.92 Å². The maximum absolute atomic E-state index is 3.51. The molecule has 1 aliphatic rings. The molecule has 0 aromatic heterocycles. The van der Waals surface area contributed by atoms with Gasteiger partial charge in [0.15, 0.2) is 0 Å². The van der Waals surface area contributed by atoms with E-state index in [2.05, 4.69) is 73.6 Å². The summed E-state index contributed by atoms with van der Waals surface area (Å²) in [6, 6.07) is 15.4. The van der Waals surface area contributed by atoms with Gasteiger partial charge in [0, 0.05) is 37.4 Å². The molecule has 0 bridgehead atoms. The zero-order valence-electron chi connectivity index (χ0n) is 13.2. The Labute approximate surface area is 127 Å². The van der Waals surface area contributed by atoms with Crippen molar-refractivity contribution in [3.63, 3.8) is 0 Å². The number of fused-ring (bicyclic) bond motifs is 1. The lowest BCUT2D eigenvalue weighted by Crippen LogP contribution is -2.21. The molecule has 110 valence electrons. The standard InChI is InChI=1S/C19H24N2/c1-14-8-9-19(15(2)12-14)21(3)11-10-16-13-20-18-7-5-4-6-17(16)18/h4-9,12,16,20H,10-11,13H2,1-3H3. The van der Waals surface area contributed by atoms with Gasteiger partial charge in [-0.05, 0) is 43.5 Å². The molecular formula is C19H24N2. The average molecular weight is 280 g/mol. The molecule has 0 aliphatic carbocycles. The zero-order valence-corrected chi connectivity index (χ0v) is 13.2. The Bertz CT molecular complexity index is 633. The topological polar surface area (TPSA) is 15.3 Å². The third-order valence-electron chi connectivity index (χ3n) is 4.52. The highest BCUT2D eigenvalue weighted by Gasteiger charge is 2.21. The molecule has 3 rings (SSSR count). The lowest BCUT2D eigenvalue weighted by atomic mass is 9.97. The second kappa shape index (κ2) is 5.80. The summed E-state index contributed by atoms with van der Waals surface area (Å²) in [5, 5.41) is 3.51. The van der Waals surface area contributed by atoms with Crippen molar-refractivity contribution in [1.82, 2.24) is 0 Å². The molecule has 0 fully saturated rings. The monoisotopic (exact) mass is 280 g/mol. The number of anilines is 2. The number of benzene rings is 2. The van der Waals surface area contributed by atoms with Crippen molar-refractivity contribution in [3.05, 3.63) is 59.2 Å². The van der Waals surface area contributed by atoms with Crippen molar-refractivity contribution in [2.24, 2.45) is 0 Å². The van der Waals surface area contributed by atoms with Gasteiger partial charge in [0.05, 0.1) is 0 Å². The summed E-state index contributed by atoms with van der Waals surface area (Å²) < 4.78 is 0. The molecule has 1 aliphatic heterocycles. The Morgan fingerprint density at radius 1 is 1.14 bits per heavy atom. The fourth-order valence-electron chi connectivity index (χ4n) is 3.32. The minimum atomic E-state index is 0.634. The molecule has 2 heteroatoms. The quantitative estimate of drug-likeness (QED) is 0.896. The number of rotatable bonds is 4. The highest BCUT2D eigenvalue weighted by atomic mass is 15.1. The molecule has 1 heterocycles. The number of aryl methyl sites for hydroxylation is 2. The molecule has 1 unspecified atom stereocenters. The van der Waals surface area contributed by atoms with E-state index in [9.17, 15) is 0 Å². The smallest absolute Gasteiger partial charge is 0.0393 e. The van der Waals surface area contributed by atoms with Gasteiger partial charge in [-0.25, -0.2) is 0 Å². The number of para-hydroxylation sites is 1. The van der Waals surface area contributed by atoms with E-state index in [1.165, 1.54) is 34.5 Å². The van der Waals surface area contributed by atoms with Gasteiger partial charge in [-0.15, -0.1) is 0 Å². The van der Waals surface area contributed by atoms with Gasteiger partial charge in [0.2, 0.25) is 0 Å².